The van der Waals surface area contributed by atoms with Crippen molar-refractivity contribution < 1.29 is 9.47 Å². The van der Waals surface area contributed by atoms with Crippen LogP contribution in [0.4, 0.5) is 5.82 Å². The second-order valence-electron chi connectivity index (χ2n) is 7.76. The normalized spacial score (nSPS) is 13.9. The van der Waals surface area contributed by atoms with Gasteiger partial charge < -0.3 is 20.5 Å². The average molecular weight is 424 g/mol. The fraction of sp³-hybridized carbons (Fsp3) is 0.148. The van der Waals surface area contributed by atoms with E-state index in [9.17, 15) is 0 Å². The molecular weight excluding hydrogens is 398 g/mol. The highest BCUT2D eigenvalue weighted by atomic mass is 16.7. The number of fused-ring (bicyclic) bond motifs is 1. The van der Waals surface area contributed by atoms with Gasteiger partial charge in [-0.1, -0.05) is 72.8 Å². The summed E-state index contributed by atoms with van der Waals surface area (Å²) < 4.78 is 11.0. The number of nitrogens with two attached hydrogens (primary N) is 1. The lowest BCUT2D eigenvalue weighted by Gasteiger charge is -2.19. The van der Waals surface area contributed by atoms with Crippen LogP contribution in [0.15, 0.2) is 97.0 Å². The molecule has 1 aromatic heterocycles. The SMILES string of the molecule is Nc1cccc(-c2ccc(CCNC(C3=COCO3)c3ccccc3)c3ccccc23)n1. The Morgan fingerprint density at radius 1 is 0.875 bits per heavy atom. The van der Waals surface area contributed by atoms with Gasteiger partial charge in [0.15, 0.2) is 5.76 Å². The van der Waals surface area contributed by atoms with Gasteiger partial charge in [0.05, 0.1) is 11.7 Å². The molecule has 3 aromatic carbocycles. The van der Waals surface area contributed by atoms with E-state index in [0.717, 1.165) is 35.5 Å². The zero-order valence-corrected chi connectivity index (χ0v) is 17.7. The summed E-state index contributed by atoms with van der Waals surface area (Å²) in [5, 5.41) is 6.05. The van der Waals surface area contributed by atoms with Crippen molar-refractivity contribution in [3.05, 3.63) is 108 Å². The van der Waals surface area contributed by atoms with Crippen LogP contribution in [0, 0.1) is 0 Å². The Morgan fingerprint density at radius 3 is 2.47 bits per heavy atom. The smallest absolute Gasteiger partial charge is 0.229 e. The van der Waals surface area contributed by atoms with E-state index in [1.807, 2.05) is 36.4 Å². The summed E-state index contributed by atoms with van der Waals surface area (Å²) in [4.78, 5) is 4.52. The molecule has 0 saturated heterocycles. The molecule has 4 aromatic rings. The predicted octanol–water partition coefficient (Wildman–Crippen LogP) is 5.20. The Balaban J connectivity index is 1.39. The minimum Gasteiger partial charge on any atom is -0.462 e. The Kier molecular flexibility index (Phi) is 5.73. The molecule has 3 N–H and O–H groups in total. The molecule has 0 fully saturated rings. The van der Waals surface area contributed by atoms with Crippen LogP contribution < -0.4 is 11.1 Å². The van der Waals surface area contributed by atoms with Crippen molar-refractivity contribution >= 4 is 16.6 Å². The van der Waals surface area contributed by atoms with E-state index >= 15 is 0 Å². The van der Waals surface area contributed by atoms with Crippen molar-refractivity contribution in [2.45, 2.75) is 12.5 Å². The molecule has 0 bridgehead atoms. The number of nitrogen functional groups attached to an aromatic ring is 1. The van der Waals surface area contributed by atoms with E-state index in [1.54, 1.807) is 6.26 Å². The first kappa shape index (κ1) is 20.1. The molecule has 5 nitrogen and oxygen atoms in total. The van der Waals surface area contributed by atoms with Gasteiger partial charge in [-0.3, -0.25) is 0 Å². The van der Waals surface area contributed by atoms with Gasteiger partial charge in [-0.25, -0.2) is 4.98 Å². The summed E-state index contributed by atoms with van der Waals surface area (Å²) in [5.41, 5.74) is 10.3. The molecule has 1 atom stereocenters. The highest BCUT2D eigenvalue weighted by Crippen LogP contribution is 2.31. The maximum absolute atomic E-state index is 5.92. The lowest BCUT2D eigenvalue weighted by molar-refractivity contribution is 0.0734. The number of hydrogen-bond acceptors (Lipinski definition) is 5. The maximum Gasteiger partial charge on any atom is 0.229 e. The molecule has 2 heterocycles. The van der Waals surface area contributed by atoms with Gasteiger partial charge in [0.2, 0.25) is 6.79 Å². The Labute approximate surface area is 187 Å². The van der Waals surface area contributed by atoms with Crippen molar-refractivity contribution in [2.75, 3.05) is 19.1 Å². The van der Waals surface area contributed by atoms with E-state index in [4.69, 9.17) is 15.2 Å². The first-order valence-electron chi connectivity index (χ1n) is 10.8. The monoisotopic (exact) mass is 423 g/mol. The minimum absolute atomic E-state index is 0.0410. The molecule has 0 spiro atoms. The zero-order valence-electron chi connectivity index (χ0n) is 17.7. The van der Waals surface area contributed by atoms with Crippen LogP contribution in [-0.2, 0) is 15.9 Å². The molecule has 0 radical (unpaired) electrons. The number of pyridine rings is 1. The summed E-state index contributed by atoms with van der Waals surface area (Å²) in [6.45, 7) is 1.06. The molecule has 5 heteroatoms. The van der Waals surface area contributed by atoms with Gasteiger partial charge in [-0.2, -0.15) is 0 Å². The lowest BCUT2D eigenvalue weighted by atomic mass is 9.95. The van der Waals surface area contributed by atoms with Crippen LogP contribution in [0.2, 0.25) is 0 Å². The topological polar surface area (TPSA) is 69.4 Å². The van der Waals surface area contributed by atoms with Gasteiger partial charge in [-0.15, -0.1) is 0 Å². The van der Waals surface area contributed by atoms with Crippen LogP contribution in [0.1, 0.15) is 17.2 Å². The molecule has 1 aliphatic heterocycles. The molecular formula is C27H25N3O2. The number of rotatable bonds is 7. The highest BCUT2D eigenvalue weighted by Gasteiger charge is 2.21. The zero-order chi connectivity index (χ0) is 21.8. The number of ether oxygens (including phenoxy) is 2. The average Bonchev–Trinajstić information content (AvgIpc) is 3.37. The molecule has 0 saturated carbocycles. The number of hydrogen-bond donors (Lipinski definition) is 2. The number of nitrogens with one attached hydrogen (secondary N) is 1. The predicted molar refractivity (Wildman–Crippen MR) is 128 cm³/mol. The number of anilines is 1. The molecule has 32 heavy (non-hydrogen) atoms. The van der Waals surface area contributed by atoms with Crippen LogP contribution in [0.3, 0.4) is 0 Å². The van der Waals surface area contributed by atoms with E-state index < -0.39 is 0 Å². The third kappa shape index (κ3) is 4.15. The second kappa shape index (κ2) is 9.12. The molecule has 1 aliphatic rings. The van der Waals surface area contributed by atoms with Crippen molar-refractivity contribution in [1.82, 2.24) is 10.3 Å². The molecule has 160 valence electrons. The second-order valence-corrected chi connectivity index (χ2v) is 7.76. The summed E-state index contributed by atoms with van der Waals surface area (Å²) >= 11 is 0. The summed E-state index contributed by atoms with van der Waals surface area (Å²) in [5.74, 6) is 1.34. The lowest BCUT2D eigenvalue weighted by Crippen LogP contribution is -2.25. The highest BCUT2D eigenvalue weighted by molar-refractivity contribution is 5.97. The maximum atomic E-state index is 5.92. The number of benzene rings is 3. The van der Waals surface area contributed by atoms with Gasteiger partial charge >= 0.3 is 0 Å². The van der Waals surface area contributed by atoms with Crippen LogP contribution in [-0.4, -0.2) is 18.3 Å². The van der Waals surface area contributed by atoms with Crippen molar-refractivity contribution in [3.63, 3.8) is 0 Å². The number of nitrogens with zero attached hydrogens (tertiary/aromatic N) is 1. The van der Waals surface area contributed by atoms with Crippen LogP contribution in [0.25, 0.3) is 22.0 Å². The quantitative estimate of drug-likeness (QED) is 0.427. The van der Waals surface area contributed by atoms with E-state index in [-0.39, 0.29) is 12.8 Å². The molecule has 1 unspecified atom stereocenters. The van der Waals surface area contributed by atoms with E-state index in [0.29, 0.717) is 5.82 Å². The van der Waals surface area contributed by atoms with Crippen molar-refractivity contribution in [3.8, 4) is 11.3 Å². The van der Waals surface area contributed by atoms with E-state index in [2.05, 4.69) is 58.8 Å². The molecule has 5 rings (SSSR count). The van der Waals surface area contributed by atoms with Crippen LogP contribution >= 0.6 is 0 Å². The third-order valence-corrected chi connectivity index (χ3v) is 5.71. The summed E-state index contributed by atoms with van der Waals surface area (Å²) in [7, 11) is 0. The van der Waals surface area contributed by atoms with Crippen molar-refractivity contribution in [2.24, 2.45) is 0 Å². The van der Waals surface area contributed by atoms with Crippen molar-refractivity contribution in [1.29, 1.82) is 0 Å². The summed E-state index contributed by atoms with van der Waals surface area (Å²) in [6.07, 6.45) is 2.58. The third-order valence-electron chi connectivity index (χ3n) is 5.71. The minimum atomic E-state index is -0.0410. The summed E-state index contributed by atoms with van der Waals surface area (Å²) in [6, 6.07) is 28.8. The Bertz CT molecular complexity index is 1250. The van der Waals surface area contributed by atoms with Gasteiger partial charge in [0.1, 0.15) is 12.1 Å². The first-order chi connectivity index (χ1) is 15.8. The van der Waals surface area contributed by atoms with Gasteiger partial charge in [-0.05, 0) is 40.5 Å². The standard InChI is InChI=1S/C27H25N3O2/c28-26-12-6-11-24(30-26)23-14-13-19(21-9-4-5-10-22(21)23)15-16-29-27(25-17-31-18-32-25)20-7-2-1-3-8-20/h1-14,17,27,29H,15-16,18H2,(H2,28,30). The Morgan fingerprint density at radius 2 is 1.69 bits per heavy atom. The van der Waals surface area contributed by atoms with Gasteiger partial charge in [0.25, 0.3) is 0 Å². The molecule has 0 amide bonds. The van der Waals surface area contributed by atoms with Gasteiger partial charge in [0, 0.05) is 12.1 Å². The number of aromatic nitrogens is 1. The fourth-order valence-corrected chi connectivity index (χ4v) is 4.19. The molecule has 0 aliphatic carbocycles. The fourth-order valence-electron chi connectivity index (χ4n) is 4.19. The Hall–Kier alpha value is -3.83. The van der Waals surface area contributed by atoms with E-state index in [1.165, 1.54) is 16.3 Å². The largest absolute Gasteiger partial charge is 0.462 e. The van der Waals surface area contributed by atoms with Crippen LogP contribution in [0.5, 0.6) is 0 Å². The first-order valence-corrected chi connectivity index (χ1v) is 10.8.